The summed E-state index contributed by atoms with van der Waals surface area (Å²) >= 11 is 11.8. The summed E-state index contributed by atoms with van der Waals surface area (Å²) in [6.45, 7) is 2.34. The Kier molecular flexibility index (Phi) is 5.54. The monoisotopic (exact) mass is 395 g/mol. The van der Waals surface area contributed by atoms with Gasteiger partial charge in [-0.15, -0.1) is 0 Å². The summed E-state index contributed by atoms with van der Waals surface area (Å²) in [5.74, 6) is -0.115. The first-order valence-electron chi connectivity index (χ1n) is 7.80. The molecule has 1 aliphatic rings. The largest absolute Gasteiger partial charge is 0.486 e. The van der Waals surface area contributed by atoms with Gasteiger partial charge in [-0.25, -0.2) is 4.79 Å². The molecular formula is C18H15Cl2NO5. The molecule has 136 valence electrons. The summed E-state index contributed by atoms with van der Waals surface area (Å²) in [5, 5.41) is 3.37. The average molecular weight is 396 g/mol. The van der Waals surface area contributed by atoms with Gasteiger partial charge < -0.3 is 19.5 Å². The molecular weight excluding hydrogens is 381 g/mol. The predicted molar refractivity (Wildman–Crippen MR) is 97.4 cm³/mol. The second kappa shape index (κ2) is 7.85. The van der Waals surface area contributed by atoms with Crippen molar-refractivity contribution in [2.24, 2.45) is 0 Å². The van der Waals surface area contributed by atoms with Gasteiger partial charge in [0.2, 0.25) is 0 Å². The van der Waals surface area contributed by atoms with Crippen LogP contribution in [-0.2, 0) is 9.53 Å². The molecule has 1 aliphatic heterocycles. The third kappa shape index (κ3) is 4.39. The highest BCUT2D eigenvalue weighted by Gasteiger charge is 2.21. The zero-order valence-electron chi connectivity index (χ0n) is 13.8. The molecule has 0 unspecified atom stereocenters. The van der Waals surface area contributed by atoms with Crippen LogP contribution in [-0.4, -0.2) is 31.2 Å². The SMILES string of the molecule is C[C@H](OC(=O)c1ccc2c(c1)OCCO2)C(=O)Nc1cc(Cl)cc(Cl)c1. The Bertz CT molecular complexity index is 835. The number of hydrogen-bond donors (Lipinski definition) is 1. The second-order valence-electron chi connectivity index (χ2n) is 5.55. The molecule has 0 saturated heterocycles. The van der Waals surface area contributed by atoms with E-state index in [1.165, 1.54) is 13.0 Å². The number of anilines is 1. The molecule has 3 rings (SSSR count). The van der Waals surface area contributed by atoms with Crippen molar-refractivity contribution < 1.29 is 23.8 Å². The van der Waals surface area contributed by atoms with Crippen molar-refractivity contribution in [1.82, 2.24) is 0 Å². The van der Waals surface area contributed by atoms with Crippen molar-refractivity contribution in [3.8, 4) is 11.5 Å². The van der Waals surface area contributed by atoms with Crippen LogP contribution in [0.15, 0.2) is 36.4 Å². The Hall–Kier alpha value is -2.44. The maximum absolute atomic E-state index is 12.3. The molecule has 0 aliphatic carbocycles. The number of halogens is 2. The molecule has 1 N–H and O–H groups in total. The Morgan fingerprint density at radius 2 is 1.69 bits per heavy atom. The highest BCUT2D eigenvalue weighted by molar-refractivity contribution is 6.35. The summed E-state index contributed by atoms with van der Waals surface area (Å²) in [5.41, 5.74) is 0.675. The van der Waals surface area contributed by atoms with E-state index in [0.29, 0.717) is 40.4 Å². The lowest BCUT2D eigenvalue weighted by molar-refractivity contribution is -0.123. The standard InChI is InChI=1S/C18H15Cl2NO5/c1-10(17(22)21-14-8-12(19)7-13(20)9-14)26-18(23)11-2-3-15-16(6-11)25-5-4-24-15/h2-3,6-10H,4-5H2,1H3,(H,21,22)/t10-/m0/s1. The fourth-order valence-corrected chi connectivity index (χ4v) is 2.85. The van der Waals surface area contributed by atoms with Crippen LogP contribution >= 0.6 is 23.2 Å². The van der Waals surface area contributed by atoms with Gasteiger partial charge in [0.25, 0.3) is 5.91 Å². The van der Waals surface area contributed by atoms with Crippen molar-refractivity contribution >= 4 is 40.8 Å². The van der Waals surface area contributed by atoms with Crippen LogP contribution in [0.3, 0.4) is 0 Å². The van der Waals surface area contributed by atoms with Gasteiger partial charge in [0, 0.05) is 15.7 Å². The summed E-state index contributed by atoms with van der Waals surface area (Å²) < 4.78 is 16.0. The van der Waals surface area contributed by atoms with Crippen molar-refractivity contribution in [3.63, 3.8) is 0 Å². The summed E-state index contributed by atoms with van der Waals surface area (Å²) in [7, 11) is 0. The zero-order chi connectivity index (χ0) is 18.7. The lowest BCUT2D eigenvalue weighted by Crippen LogP contribution is -2.30. The molecule has 0 radical (unpaired) electrons. The number of nitrogens with one attached hydrogen (secondary N) is 1. The molecule has 0 fully saturated rings. The minimum absolute atomic E-state index is 0.264. The Labute approximate surface area is 159 Å². The number of fused-ring (bicyclic) bond motifs is 1. The smallest absolute Gasteiger partial charge is 0.339 e. The van der Waals surface area contributed by atoms with Gasteiger partial charge >= 0.3 is 5.97 Å². The average Bonchev–Trinajstić information content (AvgIpc) is 2.60. The minimum Gasteiger partial charge on any atom is -0.486 e. The van der Waals surface area contributed by atoms with E-state index in [1.807, 2.05) is 0 Å². The number of benzene rings is 2. The molecule has 6 nitrogen and oxygen atoms in total. The van der Waals surface area contributed by atoms with Gasteiger partial charge in [0.15, 0.2) is 17.6 Å². The highest BCUT2D eigenvalue weighted by Crippen LogP contribution is 2.31. The number of carbonyl (C=O) groups excluding carboxylic acids is 2. The van der Waals surface area contributed by atoms with Crippen LogP contribution in [0, 0.1) is 0 Å². The molecule has 0 bridgehead atoms. The van der Waals surface area contributed by atoms with Crippen molar-refractivity contribution in [2.75, 3.05) is 18.5 Å². The number of carbonyl (C=O) groups is 2. The molecule has 0 spiro atoms. The Balaban J connectivity index is 1.64. The van der Waals surface area contributed by atoms with Crippen molar-refractivity contribution in [2.45, 2.75) is 13.0 Å². The molecule has 26 heavy (non-hydrogen) atoms. The molecule has 1 heterocycles. The van der Waals surface area contributed by atoms with E-state index in [-0.39, 0.29) is 5.56 Å². The van der Waals surface area contributed by atoms with Gasteiger partial charge in [0.05, 0.1) is 5.56 Å². The third-order valence-electron chi connectivity index (χ3n) is 3.56. The maximum atomic E-state index is 12.3. The highest BCUT2D eigenvalue weighted by atomic mass is 35.5. The zero-order valence-corrected chi connectivity index (χ0v) is 15.3. The van der Waals surface area contributed by atoms with E-state index in [2.05, 4.69) is 5.32 Å². The van der Waals surface area contributed by atoms with E-state index in [4.69, 9.17) is 37.4 Å². The lowest BCUT2D eigenvalue weighted by atomic mass is 10.2. The quantitative estimate of drug-likeness (QED) is 0.793. The van der Waals surface area contributed by atoms with E-state index in [9.17, 15) is 9.59 Å². The van der Waals surface area contributed by atoms with Crippen LogP contribution in [0.1, 0.15) is 17.3 Å². The fraction of sp³-hybridized carbons (Fsp3) is 0.222. The van der Waals surface area contributed by atoms with E-state index >= 15 is 0 Å². The van der Waals surface area contributed by atoms with E-state index < -0.39 is 18.0 Å². The molecule has 0 saturated carbocycles. The maximum Gasteiger partial charge on any atom is 0.339 e. The van der Waals surface area contributed by atoms with Crippen LogP contribution in [0.2, 0.25) is 10.0 Å². The minimum atomic E-state index is -1.02. The van der Waals surface area contributed by atoms with Gasteiger partial charge in [-0.3, -0.25) is 4.79 Å². The summed E-state index contributed by atoms with van der Waals surface area (Å²) in [6, 6.07) is 9.34. The molecule has 0 aromatic heterocycles. The fourth-order valence-electron chi connectivity index (χ4n) is 2.32. The van der Waals surface area contributed by atoms with Crippen LogP contribution in [0.25, 0.3) is 0 Å². The van der Waals surface area contributed by atoms with Crippen LogP contribution < -0.4 is 14.8 Å². The molecule has 2 aromatic carbocycles. The van der Waals surface area contributed by atoms with E-state index in [1.54, 1.807) is 30.3 Å². The normalized spacial score (nSPS) is 13.7. The first kappa shape index (κ1) is 18.4. The van der Waals surface area contributed by atoms with Crippen molar-refractivity contribution in [1.29, 1.82) is 0 Å². The lowest BCUT2D eigenvalue weighted by Gasteiger charge is -2.19. The molecule has 8 heteroatoms. The molecule has 1 atom stereocenters. The Morgan fingerprint density at radius 1 is 1.04 bits per heavy atom. The molecule has 2 aromatic rings. The van der Waals surface area contributed by atoms with Gasteiger partial charge in [0.1, 0.15) is 13.2 Å². The number of ether oxygens (including phenoxy) is 3. The summed E-state index contributed by atoms with van der Waals surface area (Å²) in [6.07, 6.45) is -1.02. The van der Waals surface area contributed by atoms with Gasteiger partial charge in [-0.05, 0) is 43.3 Å². The van der Waals surface area contributed by atoms with Gasteiger partial charge in [-0.1, -0.05) is 23.2 Å². The summed E-state index contributed by atoms with van der Waals surface area (Å²) in [4.78, 5) is 24.5. The third-order valence-corrected chi connectivity index (χ3v) is 4.00. The van der Waals surface area contributed by atoms with Crippen LogP contribution in [0.4, 0.5) is 5.69 Å². The molecule has 1 amide bonds. The Morgan fingerprint density at radius 3 is 2.38 bits per heavy atom. The number of amides is 1. The van der Waals surface area contributed by atoms with Crippen molar-refractivity contribution in [3.05, 3.63) is 52.0 Å². The van der Waals surface area contributed by atoms with E-state index in [0.717, 1.165) is 0 Å². The first-order valence-corrected chi connectivity index (χ1v) is 8.55. The topological polar surface area (TPSA) is 73.9 Å². The number of rotatable bonds is 4. The number of esters is 1. The predicted octanol–water partition coefficient (Wildman–Crippen LogP) is 3.95. The second-order valence-corrected chi connectivity index (χ2v) is 6.43. The van der Waals surface area contributed by atoms with Gasteiger partial charge in [-0.2, -0.15) is 0 Å². The first-order chi connectivity index (χ1) is 12.4. The van der Waals surface area contributed by atoms with Crippen LogP contribution in [0.5, 0.6) is 11.5 Å². The number of hydrogen-bond acceptors (Lipinski definition) is 5.